The van der Waals surface area contributed by atoms with Gasteiger partial charge in [-0.25, -0.2) is 0 Å². The van der Waals surface area contributed by atoms with E-state index in [9.17, 15) is 9.90 Å². The molecule has 19 heavy (non-hydrogen) atoms. The van der Waals surface area contributed by atoms with Crippen molar-refractivity contribution in [1.82, 2.24) is 4.90 Å². The van der Waals surface area contributed by atoms with Gasteiger partial charge in [0.05, 0.1) is 11.2 Å². The predicted molar refractivity (Wildman–Crippen MR) is 79.1 cm³/mol. The van der Waals surface area contributed by atoms with Crippen LogP contribution >= 0.6 is 15.9 Å². The molecule has 1 amide bonds. The Balaban J connectivity index is 2.28. The topological polar surface area (TPSA) is 40.5 Å². The van der Waals surface area contributed by atoms with Crippen molar-refractivity contribution in [3.63, 3.8) is 0 Å². The van der Waals surface area contributed by atoms with E-state index in [1.54, 1.807) is 6.92 Å². The molecule has 0 radical (unpaired) electrons. The molecule has 1 fully saturated rings. The van der Waals surface area contributed by atoms with Gasteiger partial charge in [-0.3, -0.25) is 4.79 Å². The third-order valence-corrected chi connectivity index (χ3v) is 4.54. The molecule has 0 aromatic heterocycles. The van der Waals surface area contributed by atoms with Crippen molar-refractivity contribution in [1.29, 1.82) is 0 Å². The minimum absolute atomic E-state index is 0.0907. The maximum Gasteiger partial charge on any atom is 0.219 e. The maximum atomic E-state index is 11.4. The number of benzene rings is 1. The van der Waals surface area contributed by atoms with Crippen molar-refractivity contribution in [2.45, 2.75) is 25.2 Å². The summed E-state index contributed by atoms with van der Waals surface area (Å²) in [5.74, 6) is 0.283. The van der Waals surface area contributed by atoms with Gasteiger partial charge < -0.3 is 10.0 Å². The van der Waals surface area contributed by atoms with E-state index in [-0.39, 0.29) is 11.7 Å². The molecule has 0 aliphatic carbocycles. The van der Waals surface area contributed by atoms with Gasteiger partial charge in [-0.05, 0) is 30.5 Å². The SMILES string of the molecule is C=C(O)C1(c2ccc(Br)cc2)CCN(C(C)=O)CC1. The number of halogens is 1. The van der Waals surface area contributed by atoms with Crippen LogP contribution < -0.4 is 0 Å². The van der Waals surface area contributed by atoms with E-state index in [0.717, 1.165) is 10.0 Å². The highest BCUT2D eigenvalue weighted by molar-refractivity contribution is 9.10. The van der Waals surface area contributed by atoms with Crippen LogP contribution in [0.15, 0.2) is 41.1 Å². The third-order valence-electron chi connectivity index (χ3n) is 4.01. The van der Waals surface area contributed by atoms with Gasteiger partial charge in [0, 0.05) is 24.5 Å². The second kappa shape index (κ2) is 5.37. The monoisotopic (exact) mass is 323 g/mol. The molecular weight excluding hydrogens is 306 g/mol. The number of hydrogen-bond acceptors (Lipinski definition) is 2. The van der Waals surface area contributed by atoms with E-state index in [1.165, 1.54) is 0 Å². The first kappa shape index (κ1) is 14.1. The molecule has 1 aliphatic heterocycles. The molecule has 1 aliphatic rings. The number of carbonyl (C=O) groups excluding carboxylic acids is 1. The zero-order valence-corrected chi connectivity index (χ0v) is 12.6. The van der Waals surface area contributed by atoms with E-state index in [1.807, 2.05) is 29.2 Å². The van der Waals surface area contributed by atoms with Crippen LogP contribution in [0.2, 0.25) is 0 Å². The van der Waals surface area contributed by atoms with Crippen molar-refractivity contribution in [2.75, 3.05) is 13.1 Å². The van der Waals surface area contributed by atoms with Crippen molar-refractivity contribution in [2.24, 2.45) is 0 Å². The first-order valence-corrected chi connectivity index (χ1v) is 7.15. The van der Waals surface area contributed by atoms with Crippen LogP contribution in [-0.2, 0) is 10.2 Å². The molecule has 1 heterocycles. The van der Waals surface area contributed by atoms with E-state index in [4.69, 9.17) is 0 Å². The lowest BCUT2D eigenvalue weighted by Crippen LogP contribution is -2.45. The Bertz CT molecular complexity index is 487. The summed E-state index contributed by atoms with van der Waals surface area (Å²) in [5, 5.41) is 10.1. The summed E-state index contributed by atoms with van der Waals surface area (Å²) in [6.07, 6.45) is 1.42. The highest BCUT2D eigenvalue weighted by Crippen LogP contribution is 2.40. The van der Waals surface area contributed by atoms with Gasteiger partial charge >= 0.3 is 0 Å². The van der Waals surface area contributed by atoms with Gasteiger partial charge in [-0.1, -0.05) is 34.6 Å². The van der Waals surface area contributed by atoms with Crippen LogP contribution in [0.3, 0.4) is 0 Å². The fourth-order valence-corrected chi connectivity index (χ4v) is 2.98. The summed E-state index contributed by atoms with van der Waals surface area (Å²) in [7, 11) is 0. The van der Waals surface area contributed by atoms with Gasteiger partial charge in [-0.2, -0.15) is 0 Å². The molecule has 4 heteroatoms. The summed E-state index contributed by atoms with van der Waals surface area (Å²) in [6, 6.07) is 7.96. The molecule has 0 atom stereocenters. The van der Waals surface area contributed by atoms with Crippen LogP contribution in [-0.4, -0.2) is 29.0 Å². The second-order valence-electron chi connectivity index (χ2n) is 5.04. The van der Waals surface area contributed by atoms with Crippen LogP contribution in [0, 0.1) is 0 Å². The lowest BCUT2D eigenvalue weighted by atomic mass is 9.71. The maximum absolute atomic E-state index is 11.4. The van der Waals surface area contributed by atoms with Crippen LogP contribution in [0.4, 0.5) is 0 Å². The minimum Gasteiger partial charge on any atom is -0.512 e. The molecule has 0 spiro atoms. The van der Waals surface area contributed by atoms with Gasteiger partial charge in [0.15, 0.2) is 0 Å². The van der Waals surface area contributed by atoms with Gasteiger partial charge in [0.25, 0.3) is 0 Å². The Morgan fingerprint density at radius 3 is 2.26 bits per heavy atom. The highest BCUT2D eigenvalue weighted by atomic mass is 79.9. The number of likely N-dealkylation sites (tertiary alicyclic amines) is 1. The Hall–Kier alpha value is -1.29. The smallest absolute Gasteiger partial charge is 0.219 e. The Morgan fingerprint density at radius 2 is 1.84 bits per heavy atom. The van der Waals surface area contributed by atoms with E-state index >= 15 is 0 Å². The first-order valence-electron chi connectivity index (χ1n) is 6.35. The van der Waals surface area contributed by atoms with E-state index in [2.05, 4.69) is 22.5 Å². The zero-order valence-electron chi connectivity index (χ0n) is 11.0. The molecule has 2 rings (SSSR count). The van der Waals surface area contributed by atoms with Crippen molar-refractivity contribution < 1.29 is 9.90 Å². The van der Waals surface area contributed by atoms with Crippen LogP contribution in [0.25, 0.3) is 0 Å². The van der Waals surface area contributed by atoms with Crippen molar-refractivity contribution in [3.05, 3.63) is 46.6 Å². The Labute approximate surface area is 122 Å². The second-order valence-corrected chi connectivity index (χ2v) is 5.96. The molecule has 1 saturated heterocycles. The summed E-state index contributed by atoms with van der Waals surface area (Å²) >= 11 is 3.41. The van der Waals surface area contributed by atoms with Crippen molar-refractivity contribution in [3.8, 4) is 0 Å². The Morgan fingerprint density at radius 1 is 1.32 bits per heavy atom. The van der Waals surface area contributed by atoms with Gasteiger partial charge in [-0.15, -0.1) is 0 Å². The molecule has 1 N–H and O–H groups in total. The molecule has 0 saturated carbocycles. The summed E-state index contributed by atoms with van der Waals surface area (Å²) in [5.41, 5.74) is 0.638. The standard InChI is InChI=1S/C15H18BrNO2/c1-11(18)15(13-3-5-14(16)6-4-13)7-9-17(10-8-15)12(2)19/h3-6,18H,1,7-10H2,2H3. The number of aliphatic hydroxyl groups is 1. The summed E-state index contributed by atoms with van der Waals surface area (Å²) < 4.78 is 1.01. The number of nitrogens with zero attached hydrogens (tertiary/aromatic N) is 1. The van der Waals surface area contributed by atoms with Crippen LogP contribution in [0.5, 0.6) is 0 Å². The lowest BCUT2D eigenvalue weighted by molar-refractivity contribution is -0.130. The third kappa shape index (κ3) is 2.68. The lowest BCUT2D eigenvalue weighted by Gasteiger charge is -2.41. The number of amides is 1. The molecule has 102 valence electrons. The highest BCUT2D eigenvalue weighted by Gasteiger charge is 2.39. The summed E-state index contributed by atoms with van der Waals surface area (Å²) in [6.45, 7) is 6.66. The number of aliphatic hydroxyl groups excluding tert-OH is 1. The fourth-order valence-electron chi connectivity index (χ4n) is 2.72. The molecular formula is C15H18BrNO2. The number of rotatable bonds is 2. The number of carbonyl (C=O) groups is 1. The molecule has 0 unspecified atom stereocenters. The van der Waals surface area contributed by atoms with Gasteiger partial charge in [0.2, 0.25) is 5.91 Å². The summed E-state index contributed by atoms with van der Waals surface area (Å²) in [4.78, 5) is 13.2. The molecule has 3 nitrogen and oxygen atoms in total. The average Bonchev–Trinajstić information content (AvgIpc) is 2.39. The van der Waals surface area contributed by atoms with E-state index in [0.29, 0.717) is 25.9 Å². The quantitative estimate of drug-likeness (QED) is 0.847. The normalized spacial score (nSPS) is 18.1. The predicted octanol–water partition coefficient (Wildman–Crippen LogP) is 3.40. The minimum atomic E-state index is -0.424. The van der Waals surface area contributed by atoms with Crippen LogP contribution in [0.1, 0.15) is 25.3 Å². The molecule has 1 aromatic rings. The molecule has 0 bridgehead atoms. The number of hydrogen-bond donors (Lipinski definition) is 1. The zero-order chi connectivity index (χ0) is 14.0. The average molecular weight is 324 g/mol. The Kier molecular flexibility index (Phi) is 3.99. The molecule has 1 aromatic carbocycles. The largest absolute Gasteiger partial charge is 0.512 e. The number of allylic oxidation sites excluding steroid dienone is 1. The first-order chi connectivity index (χ1) is 8.95. The van der Waals surface area contributed by atoms with Gasteiger partial charge in [0.1, 0.15) is 0 Å². The fraction of sp³-hybridized carbons (Fsp3) is 0.400. The van der Waals surface area contributed by atoms with E-state index < -0.39 is 5.41 Å². The van der Waals surface area contributed by atoms with Crippen molar-refractivity contribution >= 4 is 21.8 Å². The number of piperidine rings is 1.